The van der Waals surface area contributed by atoms with E-state index < -0.39 is 9.84 Å². The standard InChI is InChI=1S/C21H21NO4S/c23-20-16-8-4-5-9-18(16)27(25,26)19-14-15(10-11-17(19)20)21(24)22-12-6-2-1-3-7-13-22/h4-5,8-11,14H,1-3,6-7,12-13H2. The lowest BCUT2D eigenvalue weighted by Crippen LogP contribution is -2.34. The maximum atomic E-state index is 13.0. The highest BCUT2D eigenvalue weighted by molar-refractivity contribution is 7.91. The quantitative estimate of drug-likeness (QED) is 0.645. The normalized spacial score (nSPS) is 18.8. The molecule has 1 saturated heterocycles. The van der Waals surface area contributed by atoms with Crippen molar-refractivity contribution in [1.82, 2.24) is 4.90 Å². The van der Waals surface area contributed by atoms with Crippen LogP contribution in [0.4, 0.5) is 0 Å². The minimum absolute atomic E-state index is 0.0124. The van der Waals surface area contributed by atoms with Crippen molar-refractivity contribution in [1.29, 1.82) is 0 Å². The maximum absolute atomic E-state index is 13.0. The largest absolute Gasteiger partial charge is 0.339 e. The van der Waals surface area contributed by atoms with Crippen molar-refractivity contribution < 1.29 is 18.0 Å². The summed E-state index contributed by atoms with van der Waals surface area (Å²) in [6.07, 6.45) is 5.32. The van der Waals surface area contributed by atoms with Crippen LogP contribution in [0.25, 0.3) is 0 Å². The summed E-state index contributed by atoms with van der Waals surface area (Å²) in [6.45, 7) is 1.37. The molecule has 0 bridgehead atoms. The van der Waals surface area contributed by atoms with Gasteiger partial charge in [-0.25, -0.2) is 8.42 Å². The number of hydrogen-bond donors (Lipinski definition) is 0. The van der Waals surface area contributed by atoms with E-state index in [9.17, 15) is 18.0 Å². The lowest BCUT2D eigenvalue weighted by atomic mass is 10.0. The third-order valence-corrected chi connectivity index (χ3v) is 7.18. The smallest absolute Gasteiger partial charge is 0.253 e. The summed E-state index contributed by atoms with van der Waals surface area (Å²) in [5.74, 6) is -0.484. The number of amides is 1. The van der Waals surface area contributed by atoms with Crippen molar-refractivity contribution >= 4 is 21.5 Å². The van der Waals surface area contributed by atoms with Crippen LogP contribution in [0.5, 0.6) is 0 Å². The number of benzene rings is 2. The molecule has 6 heteroatoms. The van der Waals surface area contributed by atoms with Crippen molar-refractivity contribution in [2.24, 2.45) is 0 Å². The van der Waals surface area contributed by atoms with Gasteiger partial charge in [-0.15, -0.1) is 0 Å². The average Bonchev–Trinajstić information content (AvgIpc) is 2.65. The molecule has 2 heterocycles. The van der Waals surface area contributed by atoms with Crippen LogP contribution in [0, 0.1) is 0 Å². The fourth-order valence-electron chi connectivity index (χ4n) is 3.85. The third-order valence-electron chi connectivity index (χ3n) is 5.33. The molecule has 0 radical (unpaired) electrons. The number of ketones is 1. The van der Waals surface area contributed by atoms with Gasteiger partial charge in [0.15, 0.2) is 5.78 Å². The topological polar surface area (TPSA) is 71.5 Å². The van der Waals surface area contributed by atoms with Crippen molar-refractivity contribution in [3.63, 3.8) is 0 Å². The Balaban J connectivity index is 1.74. The van der Waals surface area contributed by atoms with E-state index in [2.05, 4.69) is 0 Å². The van der Waals surface area contributed by atoms with Gasteiger partial charge in [-0.1, -0.05) is 31.4 Å². The molecule has 0 unspecified atom stereocenters. The van der Waals surface area contributed by atoms with Crippen molar-refractivity contribution in [2.75, 3.05) is 13.1 Å². The zero-order chi connectivity index (χ0) is 19.0. The molecular weight excluding hydrogens is 362 g/mol. The summed E-state index contributed by atoms with van der Waals surface area (Å²) in [7, 11) is -3.83. The fraction of sp³-hybridized carbons (Fsp3) is 0.333. The first kappa shape index (κ1) is 17.9. The average molecular weight is 383 g/mol. The van der Waals surface area contributed by atoms with E-state index in [4.69, 9.17) is 0 Å². The number of hydrogen-bond acceptors (Lipinski definition) is 4. The second kappa shape index (κ2) is 6.93. The molecule has 2 aliphatic rings. The molecule has 0 spiro atoms. The number of carbonyl (C=O) groups is 2. The highest BCUT2D eigenvalue weighted by Gasteiger charge is 2.35. The van der Waals surface area contributed by atoms with Gasteiger partial charge >= 0.3 is 0 Å². The van der Waals surface area contributed by atoms with Crippen LogP contribution in [0.3, 0.4) is 0 Å². The summed E-state index contributed by atoms with van der Waals surface area (Å²) >= 11 is 0. The molecule has 0 N–H and O–H groups in total. The minimum Gasteiger partial charge on any atom is -0.339 e. The molecule has 1 fully saturated rings. The van der Waals surface area contributed by atoms with Gasteiger partial charge in [0.1, 0.15) is 0 Å². The Bertz CT molecular complexity index is 1020. The number of nitrogens with zero attached hydrogens (tertiary/aromatic N) is 1. The summed E-state index contributed by atoms with van der Waals surface area (Å²) in [5, 5.41) is 0. The van der Waals surface area contributed by atoms with Gasteiger partial charge < -0.3 is 4.90 Å². The Kier molecular flexibility index (Phi) is 4.60. The summed E-state index contributed by atoms with van der Waals surface area (Å²) < 4.78 is 26.0. The number of carbonyl (C=O) groups excluding carboxylic acids is 2. The Morgan fingerprint density at radius 3 is 2.19 bits per heavy atom. The zero-order valence-electron chi connectivity index (χ0n) is 15.0. The molecule has 4 rings (SSSR count). The van der Waals surface area contributed by atoms with E-state index in [1.165, 1.54) is 30.7 Å². The Labute approximate surface area is 158 Å². The molecule has 2 aromatic carbocycles. The molecule has 140 valence electrons. The molecular formula is C21H21NO4S. The van der Waals surface area contributed by atoms with E-state index in [0.717, 1.165) is 25.7 Å². The number of sulfone groups is 1. The molecule has 0 atom stereocenters. The van der Waals surface area contributed by atoms with Crippen LogP contribution >= 0.6 is 0 Å². The maximum Gasteiger partial charge on any atom is 0.253 e. The molecule has 5 nitrogen and oxygen atoms in total. The summed E-state index contributed by atoms with van der Waals surface area (Å²) in [4.78, 5) is 27.4. The molecule has 2 aromatic rings. The molecule has 27 heavy (non-hydrogen) atoms. The monoisotopic (exact) mass is 383 g/mol. The van der Waals surface area contributed by atoms with E-state index in [1.807, 2.05) is 0 Å². The van der Waals surface area contributed by atoms with Gasteiger partial charge in [0.25, 0.3) is 5.91 Å². The van der Waals surface area contributed by atoms with Crippen LogP contribution in [-0.2, 0) is 9.84 Å². The van der Waals surface area contributed by atoms with Crippen LogP contribution in [0.2, 0.25) is 0 Å². The first-order chi connectivity index (χ1) is 13.0. The molecule has 0 aliphatic carbocycles. The van der Waals surface area contributed by atoms with Crippen LogP contribution in [0.15, 0.2) is 52.3 Å². The van der Waals surface area contributed by atoms with Crippen LogP contribution in [0.1, 0.15) is 58.4 Å². The first-order valence-electron chi connectivity index (χ1n) is 9.32. The third kappa shape index (κ3) is 3.08. The van der Waals surface area contributed by atoms with Crippen molar-refractivity contribution in [3.8, 4) is 0 Å². The number of fused-ring (bicyclic) bond motifs is 2. The lowest BCUT2D eigenvalue weighted by Gasteiger charge is -2.25. The molecule has 0 saturated carbocycles. The number of rotatable bonds is 1. The fourth-order valence-corrected chi connectivity index (χ4v) is 5.53. The lowest BCUT2D eigenvalue weighted by molar-refractivity contribution is 0.0741. The molecule has 0 aromatic heterocycles. The van der Waals surface area contributed by atoms with Crippen molar-refractivity contribution in [3.05, 3.63) is 59.2 Å². The van der Waals surface area contributed by atoms with Gasteiger partial charge in [0.05, 0.1) is 9.79 Å². The van der Waals surface area contributed by atoms with Gasteiger partial charge in [0, 0.05) is 29.8 Å². The van der Waals surface area contributed by atoms with Gasteiger partial charge in [-0.3, -0.25) is 9.59 Å². The Hall–Kier alpha value is -2.47. The van der Waals surface area contributed by atoms with E-state index in [0.29, 0.717) is 18.7 Å². The molecule has 2 aliphatic heterocycles. The van der Waals surface area contributed by atoms with Crippen LogP contribution in [-0.4, -0.2) is 38.1 Å². The zero-order valence-corrected chi connectivity index (χ0v) is 15.8. The second-order valence-corrected chi connectivity index (χ2v) is 8.99. The number of likely N-dealkylation sites (tertiary alicyclic amines) is 1. The van der Waals surface area contributed by atoms with E-state index in [1.54, 1.807) is 23.1 Å². The Morgan fingerprint density at radius 2 is 1.44 bits per heavy atom. The molecule has 1 amide bonds. The first-order valence-corrected chi connectivity index (χ1v) is 10.8. The van der Waals surface area contributed by atoms with Gasteiger partial charge in [0.2, 0.25) is 9.84 Å². The Morgan fingerprint density at radius 1 is 0.815 bits per heavy atom. The predicted molar refractivity (Wildman–Crippen MR) is 101 cm³/mol. The van der Waals surface area contributed by atoms with E-state index >= 15 is 0 Å². The van der Waals surface area contributed by atoms with E-state index in [-0.39, 0.29) is 32.6 Å². The highest BCUT2D eigenvalue weighted by atomic mass is 32.2. The van der Waals surface area contributed by atoms with Crippen molar-refractivity contribution in [2.45, 2.75) is 41.9 Å². The SMILES string of the molecule is O=C1c2ccccc2S(=O)(=O)c2cc(C(=O)N3CCCCCCC3)ccc21. The second-order valence-electron chi connectivity index (χ2n) is 7.10. The minimum atomic E-state index is -3.83. The summed E-state index contributed by atoms with van der Waals surface area (Å²) in [5.41, 5.74) is 0.649. The van der Waals surface area contributed by atoms with Crippen LogP contribution < -0.4 is 0 Å². The summed E-state index contributed by atoms with van der Waals surface area (Å²) in [6, 6.07) is 10.6. The van der Waals surface area contributed by atoms with Gasteiger partial charge in [-0.05, 0) is 43.2 Å². The highest BCUT2D eigenvalue weighted by Crippen LogP contribution is 2.35. The van der Waals surface area contributed by atoms with Gasteiger partial charge in [-0.2, -0.15) is 0 Å². The predicted octanol–water partition coefficient (Wildman–Crippen LogP) is 3.47.